The fraction of sp³-hybridized carbons (Fsp3) is 0.167. The number of nitrogens with zero attached hydrogens (tertiary/aromatic N) is 3. The van der Waals surface area contributed by atoms with Gasteiger partial charge in [0.25, 0.3) is 0 Å². The van der Waals surface area contributed by atoms with Gasteiger partial charge in [-0.2, -0.15) is 5.26 Å². The second-order valence-electron chi connectivity index (χ2n) is 3.54. The van der Waals surface area contributed by atoms with Gasteiger partial charge in [0.15, 0.2) is 0 Å². The number of hydrogen-bond donors (Lipinski definition) is 0. The van der Waals surface area contributed by atoms with Gasteiger partial charge in [0, 0.05) is 13.1 Å². The SMILES string of the molecule is Cn1cncc1COc1ccc(C#N)c(F)c1. The maximum Gasteiger partial charge on any atom is 0.144 e. The van der Waals surface area contributed by atoms with Crippen molar-refractivity contribution in [2.24, 2.45) is 7.05 Å². The summed E-state index contributed by atoms with van der Waals surface area (Å²) in [6.45, 7) is 0.307. The van der Waals surface area contributed by atoms with Gasteiger partial charge in [-0.25, -0.2) is 9.37 Å². The molecule has 0 saturated carbocycles. The average molecular weight is 231 g/mol. The molecule has 0 aliphatic carbocycles. The predicted octanol–water partition coefficient (Wildman–Crippen LogP) is 2.01. The zero-order valence-electron chi connectivity index (χ0n) is 9.22. The van der Waals surface area contributed by atoms with Crippen LogP contribution in [0, 0.1) is 17.1 Å². The Morgan fingerprint density at radius 3 is 2.94 bits per heavy atom. The maximum atomic E-state index is 13.3. The van der Waals surface area contributed by atoms with E-state index in [0.29, 0.717) is 12.4 Å². The van der Waals surface area contributed by atoms with E-state index in [1.165, 1.54) is 12.1 Å². The molecule has 1 heterocycles. The third kappa shape index (κ3) is 2.42. The Hall–Kier alpha value is -2.35. The lowest BCUT2D eigenvalue weighted by Gasteiger charge is -2.06. The lowest BCUT2D eigenvalue weighted by molar-refractivity contribution is 0.295. The molecule has 0 atom stereocenters. The van der Waals surface area contributed by atoms with Gasteiger partial charge in [0.05, 0.1) is 23.8 Å². The standard InChI is InChI=1S/C12H10FN3O/c1-16-8-15-6-10(16)7-17-11-3-2-9(5-14)12(13)4-11/h2-4,6,8H,7H2,1H3. The van der Waals surface area contributed by atoms with Crippen molar-refractivity contribution in [1.82, 2.24) is 9.55 Å². The molecule has 2 aromatic rings. The van der Waals surface area contributed by atoms with Gasteiger partial charge >= 0.3 is 0 Å². The summed E-state index contributed by atoms with van der Waals surface area (Å²) in [5.74, 6) is -0.183. The predicted molar refractivity (Wildman–Crippen MR) is 58.7 cm³/mol. The van der Waals surface area contributed by atoms with Crippen LogP contribution in [-0.4, -0.2) is 9.55 Å². The highest BCUT2D eigenvalue weighted by Gasteiger charge is 2.04. The molecule has 0 spiro atoms. The van der Waals surface area contributed by atoms with Gasteiger partial charge in [0.1, 0.15) is 24.2 Å². The minimum absolute atomic E-state index is 0.0119. The number of hydrogen-bond acceptors (Lipinski definition) is 3. The van der Waals surface area contributed by atoms with Crippen LogP contribution < -0.4 is 4.74 Å². The topological polar surface area (TPSA) is 50.8 Å². The normalized spacial score (nSPS) is 9.94. The molecule has 0 bridgehead atoms. The van der Waals surface area contributed by atoms with E-state index in [4.69, 9.17) is 10.00 Å². The number of benzene rings is 1. The zero-order valence-corrected chi connectivity index (χ0v) is 9.22. The van der Waals surface area contributed by atoms with Crippen molar-refractivity contribution in [3.63, 3.8) is 0 Å². The van der Waals surface area contributed by atoms with Crippen molar-refractivity contribution in [3.8, 4) is 11.8 Å². The lowest BCUT2D eigenvalue weighted by Crippen LogP contribution is -2.01. The average Bonchev–Trinajstić information content (AvgIpc) is 2.72. The highest BCUT2D eigenvalue weighted by atomic mass is 19.1. The third-order valence-corrected chi connectivity index (χ3v) is 2.36. The van der Waals surface area contributed by atoms with Crippen molar-refractivity contribution in [2.75, 3.05) is 0 Å². The Balaban J connectivity index is 2.08. The van der Waals surface area contributed by atoms with Gasteiger partial charge in [-0.3, -0.25) is 0 Å². The number of imidazole rings is 1. The molecular weight excluding hydrogens is 221 g/mol. The zero-order chi connectivity index (χ0) is 12.3. The summed E-state index contributed by atoms with van der Waals surface area (Å²) in [6, 6.07) is 5.92. The van der Waals surface area contributed by atoms with E-state index in [2.05, 4.69) is 4.98 Å². The molecule has 5 heteroatoms. The van der Waals surface area contributed by atoms with Crippen LogP contribution in [0.5, 0.6) is 5.75 Å². The quantitative estimate of drug-likeness (QED) is 0.811. The van der Waals surface area contributed by atoms with E-state index in [1.807, 2.05) is 11.6 Å². The van der Waals surface area contributed by atoms with Gasteiger partial charge < -0.3 is 9.30 Å². The molecule has 17 heavy (non-hydrogen) atoms. The van der Waals surface area contributed by atoms with Crippen LogP contribution in [0.2, 0.25) is 0 Å². The minimum Gasteiger partial charge on any atom is -0.487 e. The van der Waals surface area contributed by atoms with Crippen LogP contribution >= 0.6 is 0 Å². The van der Waals surface area contributed by atoms with Crippen LogP contribution in [0.4, 0.5) is 4.39 Å². The van der Waals surface area contributed by atoms with Crippen molar-refractivity contribution in [3.05, 3.63) is 47.8 Å². The van der Waals surface area contributed by atoms with Gasteiger partial charge in [0.2, 0.25) is 0 Å². The molecule has 0 aliphatic heterocycles. The van der Waals surface area contributed by atoms with E-state index in [1.54, 1.807) is 24.7 Å². The van der Waals surface area contributed by atoms with Crippen LogP contribution in [0.15, 0.2) is 30.7 Å². The van der Waals surface area contributed by atoms with Crippen molar-refractivity contribution in [1.29, 1.82) is 5.26 Å². The van der Waals surface area contributed by atoms with Crippen LogP contribution in [-0.2, 0) is 13.7 Å². The molecule has 1 aromatic carbocycles. The largest absolute Gasteiger partial charge is 0.487 e. The summed E-state index contributed by atoms with van der Waals surface area (Å²) in [5.41, 5.74) is 0.896. The Labute approximate surface area is 97.9 Å². The summed E-state index contributed by atoms with van der Waals surface area (Å²) in [5, 5.41) is 8.58. The summed E-state index contributed by atoms with van der Waals surface area (Å²) >= 11 is 0. The third-order valence-electron chi connectivity index (χ3n) is 2.36. The van der Waals surface area contributed by atoms with E-state index in [9.17, 15) is 4.39 Å². The highest BCUT2D eigenvalue weighted by Crippen LogP contribution is 2.17. The maximum absolute atomic E-state index is 13.3. The molecule has 0 N–H and O–H groups in total. The highest BCUT2D eigenvalue weighted by molar-refractivity contribution is 5.36. The molecule has 86 valence electrons. The fourth-order valence-corrected chi connectivity index (χ4v) is 1.36. The first-order chi connectivity index (χ1) is 8.20. The van der Waals surface area contributed by atoms with E-state index in [-0.39, 0.29) is 5.56 Å². The molecular formula is C12H10FN3O. The molecule has 4 nitrogen and oxygen atoms in total. The first-order valence-corrected chi connectivity index (χ1v) is 4.98. The van der Waals surface area contributed by atoms with Gasteiger partial charge in [-0.1, -0.05) is 0 Å². The minimum atomic E-state index is -0.574. The number of ether oxygens (including phenoxy) is 1. The van der Waals surface area contributed by atoms with Gasteiger partial charge in [-0.15, -0.1) is 0 Å². The summed E-state index contributed by atoms with van der Waals surface area (Å²) in [6.07, 6.45) is 3.35. The molecule has 0 amide bonds. The molecule has 0 fully saturated rings. The lowest BCUT2D eigenvalue weighted by atomic mass is 10.2. The first-order valence-electron chi connectivity index (χ1n) is 4.98. The fourth-order valence-electron chi connectivity index (χ4n) is 1.36. The second kappa shape index (κ2) is 4.66. The van der Waals surface area contributed by atoms with Crippen LogP contribution in [0.1, 0.15) is 11.3 Å². The second-order valence-corrected chi connectivity index (χ2v) is 3.54. The number of aryl methyl sites for hydroxylation is 1. The van der Waals surface area contributed by atoms with E-state index >= 15 is 0 Å². The molecule has 0 aliphatic rings. The smallest absolute Gasteiger partial charge is 0.144 e. The molecule has 0 unspecified atom stereocenters. The van der Waals surface area contributed by atoms with Crippen molar-refractivity contribution >= 4 is 0 Å². The monoisotopic (exact) mass is 231 g/mol. The molecule has 0 saturated heterocycles. The Morgan fingerprint density at radius 1 is 1.53 bits per heavy atom. The number of nitriles is 1. The van der Waals surface area contributed by atoms with Crippen LogP contribution in [0.3, 0.4) is 0 Å². The number of aromatic nitrogens is 2. The van der Waals surface area contributed by atoms with Gasteiger partial charge in [-0.05, 0) is 12.1 Å². The number of halogens is 1. The van der Waals surface area contributed by atoms with E-state index < -0.39 is 5.82 Å². The van der Waals surface area contributed by atoms with Crippen molar-refractivity contribution in [2.45, 2.75) is 6.61 Å². The van der Waals surface area contributed by atoms with E-state index in [0.717, 1.165) is 5.69 Å². The molecule has 0 radical (unpaired) electrons. The summed E-state index contributed by atoms with van der Waals surface area (Å²) in [7, 11) is 1.85. The summed E-state index contributed by atoms with van der Waals surface area (Å²) < 4.78 is 20.5. The summed E-state index contributed by atoms with van der Waals surface area (Å²) in [4.78, 5) is 3.94. The molecule has 2 rings (SSSR count). The molecule has 1 aromatic heterocycles. The van der Waals surface area contributed by atoms with Crippen molar-refractivity contribution < 1.29 is 9.13 Å². The van der Waals surface area contributed by atoms with Crippen LogP contribution in [0.25, 0.3) is 0 Å². The number of rotatable bonds is 3. The Morgan fingerprint density at radius 2 is 2.35 bits per heavy atom. The Bertz CT molecular complexity index is 571. The Kier molecular flexibility index (Phi) is 3.06. The first kappa shape index (κ1) is 11.1.